The van der Waals surface area contributed by atoms with Crippen LogP contribution in [0.5, 0.6) is 0 Å². The molecule has 0 radical (unpaired) electrons. The zero-order chi connectivity index (χ0) is 22.9. The number of rotatable bonds is 15. The first-order valence-electron chi connectivity index (χ1n) is 12.2. The Bertz CT molecular complexity index is 582. The maximum Gasteiger partial charge on any atom is 0.303 e. The Morgan fingerprint density at radius 1 is 1.10 bits per heavy atom. The molecule has 1 saturated heterocycles. The number of hydrogen-bond donors (Lipinski definition) is 2. The summed E-state index contributed by atoms with van der Waals surface area (Å²) in [6, 6.07) is 0. The van der Waals surface area contributed by atoms with Gasteiger partial charge >= 0.3 is 11.9 Å². The van der Waals surface area contributed by atoms with E-state index < -0.39 is 23.8 Å². The average Bonchev–Trinajstić information content (AvgIpc) is 3.01. The molecular formula is C24H40F2O5. The molecule has 0 amide bonds. The van der Waals surface area contributed by atoms with E-state index in [1.807, 2.05) is 6.92 Å². The number of carbonyl (C=O) groups excluding carboxylic acids is 1. The van der Waals surface area contributed by atoms with E-state index in [1.54, 1.807) is 0 Å². The van der Waals surface area contributed by atoms with Gasteiger partial charge in [-0.05, 0) is 31.6 Å². The summed E-state index contributed by atoms with van der Waals surface area (Å²) in [5.41, 5.74) is 0. The zero-order valence-electron chi connectivity index (χ0n) is 18.9. The number of carboxylic acid groups (broad SMARTS) is 1. The number of aliphatic hydroxyl groups is 1. The van der Waals surface area contributed by atoms with E-state index in [0.29, 0.717) is 25.7 Å². The van der Waals surface area contributed by atoms with Gasteiger partial charge in [0.2, 0.25) is 5.79 Å². The summed E-state index contributed by atoms with van der Waals surface area (Å²) >= 11 is 0. The highest BCUT2D eigenvalue weighted by Crippen LogP contribution is 2.49. The molecule has 1 heterocycles. The Balaban J connectivity index is 1.74. The minimum absolute atomic E-state index is 0.0702. The second kappa shape index (κ2) is 12.2. The number of carboxylic acids is 1. The van der Waals surface area contributed by atoms with Gasteiger partial charge in [-0.25, -0.2) is 8.78 Å². The molecular weight excluding hydrogens is 406 g/mol. The number of Topliss-reactive ketones (excluding diaryl/α,β-unsaturated/α-hetero) is 1. The van der Waals surface area contributed by atoms with Crippen LogP contribution in [0.4, 0.5) is 8.78 Å². The van der Waals surface area contributed by atoms with Gasteiger partial charge in [0, 0.05) is 31.6 Å². The third-order valence-corrected chi connectivity index (χ3v) is 7.04. The topological polar surface area (TPSA) is 83.8 Å². The van der Waals surface area contributed by atoms with Gasteiger partial charge in [0.05, 0.1) is 6.10 Å². The van der Waals surface area contributed by atoms with Crippen LogP contribution < -0.4 is 0 Å². The molecule has 7 heteroatoms. The van der Waals surface area contributed by atoms with Gasteiger partial charge in [-0.3, -0.25) is 9.59 Å². The van der Waals surface area contributed by atoms with E-state index >= 15 is 0 Å². The van der Waals surface area contributed by atoms with Crippen LogP contribution in [0.15, 0.2) is 0 Å². The molecule has 1 saturated carbocycles. The van der Waals surface area contributed by atoms with E-state index in [-0.39, 0.29) is 43.3 Å². The van der Waals surface area contributed by atoms with Crippen LogP contribution in [0, 0.1) is 11.8 Å². The monoisotopic (exact) mass is 446 g/mol. The van der Waals surface area contributed by atoms with Gasteiger partial charge in [0.1, 0.15) is 5.78 Å². The third-order valence-electron chi connectivity index (χ3n) is 7.04. The van der Waals surface area contributed by atoms with Crippen molar-refractivity contribution < 1.29 is 33.3 Å². The van der Waals surface area contributed by atoms with Gasteiger partial charge < -0.3 is 14.9 Å². The van der Waals surface area contributed by atoms with Crippen molar-refractivity contribution in [3.05, 3.63) is 0 Å². The molecule has 4 atom stereocenters. The summed E-state index contributed by atoms with van der Waals surface area (Å²) in [5.74, 6) is -6.66. The normalized spacial score (nSPS) is 28.6. The smallest absolute Gasteiger partial charge is 0.303 e. The highest BCUT2D eigenvalue weighted by atomic mass is 19.3. The van der Waals surface area contributed by atoms with E-state index in [2.05, 4.69) is 0 Å². The van der Waals surface area contributed by atoms with Crippen molar-refractivity contribution in [1.29, 1.82) is 0 Å². The second-order valence-corrected chi connectivity index (χ2v) is 9.49. The molecule has 5 nitrogen and oxygen atoms in total. The number of halogens is 2. The van der Waals surface area contributed by atoms with E-state index in [4.69, 9.17) is 9.84 Å². The number of hydrogen-bond acceptors (Lipinski definition) is 4. The fourth-order valence-electron chi connectivity index (χ4n) is 5.15. The molecule has 180 valence electrons. The number of alkyl halides is 2. The summed E-state index contributed by atoms with van der Waals surface area (Å²) in [4.78, 5) is 23.0. The van der Waals surface area contributed by atoms with Crippen LogP contribution in [-0.4, -0.2) is 39.8 Å². The Hall–Kier alpha value is -1.08. The van der Waals surface area contributed by atoms with E-state index in [1.165, 1.54) is 0 Å². The molecule has 31 heavy (non-hydrogen) atoms. The standard InChI is InChI=1S/C24H40F2O5/c1-2-3-4-11-15-23(25,26)24(30)16-14-19-18(20(27)17-21(19)31-24)12-9-7-5-6-8-10-13-22(28)29/h18-19,21,30H,2-17H2,1H3,(H,28,29)/t18-,19-,21-,24?/m1/s1. The van der Waals surface area contributed by atoms with Crippen molar-refractivity contribution in [3.8, 4) is 0 Å². The number of ether oxygens (including phenoxy) is 1. The fourth-order valence-corrected chi connectivity index (χ4v) is 5.15. The lowest BCUT2D eigenvalue weighted by atomic mass is 9.81. The number of carbonyl (C=O) groups is 2. The summed E-state index contributed by atoms with van der Waals surface area (Å²) in [7, 11) is 0. The van der Waals surface area contributed by atoms with Gasteiger partial charge in [0.25, 0.3) is 0 Å². The molecule has 0 aromatic heterocycles. The molecule has 2 fully saturated rings. The third kappa shape index (κ3) is 7.48. The number of fused-ring (bicyclic) bond motifs is 1. The Kier molecular flexibility index (Phi) is 10.3. The number of unbranched alkanes of at least 4 members (excludes halogenated alkanes) is 8. The second-order valence-electron chi connectivity index (χ2n) is 9.49. The zero-order valence-corrected chi connectivity index (χ0v) is 18.9. The highest BCUT2D eigenvalue weighted by Gasteiger charge is 2.59. The lowest BCUT2D eigenvalue weighted by Crippen LogP contribution is -2.55. The quantitative estimate of drug-likeness (QED) is 0.307. The summed E-state index contributed by atoms with van der Waals surface area (Å²) in [6.45, 7) is 2.02. The van der Waals surface area contributed by atoms with Crippen LogP contribution in [0.3, 0.4) is 0 Å². The van der Waals surface area contributed by atoms with Crippen LogP contribution in [0.2, 0.25) is 0 Å². The molecule has 2 aliphatic rings. The van der Waals surface area contributed by atoms with Crippen molar-refractivity contribution in [2.75, 3.05) is 0 Å². The molecule has 1 aliphatic heterocycles. The van der Waals surface area contributed by atoms with Crippen molar-refractivity contribution in [2.45, 2.75) is 127 Å². The van der Waals surface area contributed by atoms with Crippen LogP contribution in [0.25, 0.3) is 0 Å². The molecule has 2 rings (SSSR count). The largest absolute Gasteiger partial charge is 0.481 e. The predicted molar refractivity (Wildman–Crippen MR) is 114 cm³/mol. The maximum atomic E-state index is 14.7. The van der Waals surface area contributed by atoms with Crippen molar-refractivity contribution >= 4 is 11.8 Å². The lowest BCUT2D eigenvalue weighted by Gasteiger charge is -2.44. The first kappa shape index (κ1) is 26.2. The van der Waals surface area contributed by atoms with Gasteiger partial charge in [0.15, 0.2) is 0 Å². The van der Waals surface area contributed by atoms with Crippen molar-refractivity contribution in [2.24, 2.45) is 11.8 Å². The summed E-state index contributed by atoms with van der Waals surface area (Å²) < 4.78 is 34.9. The summed E-state index contributed by atoms with van der Waals surface area (Å²) in [5, 5.41) is 19.2. The SMILES string of the molecule is CCCCCCC(F)(F)C1(O)CC[C@H]2[C@@H](CC(=O)[C@@H]2CCCCCCCCC(=O)O)O1. The maximum absolute atomic E-state index is 14.7. The molecule has 1 aliphatic carbocycles. The van der Waals surface area contributed by atoms with Crippen LogP contribution in [0.1, 0.15) is 110 Å². The van der Waals surface area contributed by atoms with Crippen LogP contribution >= 0.6 is 0 Å². The van der Waals surface area contributed by atoms with E-state index in [9.17, 15) is 23.5 Å². The van der Waals surface area contributed by atoms with Crippen LogP contribution in [-0.2, 0) is 14.3 Å². The van der Waals surface area contributed by atoms with E-state index in [0.717, 1.165) is 51.4 Å². The van der Waals surface area contributed by atoms with Gasteiger partial charge in [-0.2, -0.15) is 0 Å². The molecule has 0 bridgehead atoms. The minimum Gasteiger partial charge on any atom is -0.481 e. The van der Waals surface area contributed by atoms with Gasteiger partial charge in [-0.15, -0.1) is 0 Å². The summed E-state index contributed by atoms with van der Waals surface area (Å²) in [6.07, 6.45) is 8.78. The van der Waals surface area contributed by atoms with Gasteiger partial charge in [-0.1, -0.05) is 58.3 Å². The fraction of sp³-hybridized carbons (Fsp3) is 0.917. The minimum atomic E-state index is -3.30. The lowest BCUT2D eigenvalue weighted by molar-refractivity contribution is -0.356. The first-order valence-corrected chi connectivity index (χ1v) is 12.2. The first-order chi connectivity index (χ1) is 14.7. The Labute approximate surface area is 184 Å². The number of ketones is 1. The number of aliphatic carboxylic acids is 1. The molecule has 0 aromatic carbocycles. The van der Waals surface area contributed by atoms with Crippen molar-refractivity contribution in [1.82, 2.24) is 0 Å². The predicted octanol–water partition coefficient (Wildman–Crippen LogP) is 5.87. The Morgan fingerprint density at radius 3 is 2.42 bits per heavy atom. The highest BCUT2D eigenvalue weighted by molar-refractivity contribution is 5.84. The molecule has 0 spiro atoms. The molecule has 2 N–H and O–H groups in total. The average molecular weight is 447 g/mol. The molecule has 0 aromatic rings. The van der Waals surface area contributed by atoms with Crippen molar-refractivity contribution in [3.63, 3.8) is 0 Å². The Morgan fingerprint density at radius 2 is 1.74 bits per heavy atom. The molecule has 1 unspecified atom stereocenters.